The first-order valence-corrected chi connectivity index (χ1v) is 5.91. The number of carbonyl (C=O) groups excluding carboxylic acids is 1. The van der Waals surface area contributed by atoms with Gasteiger partial charge in [0.05, 0.1) is 11.3 Å². The highest BCUT2D eigenvalue weighted by atomic mass is 16.2. The summed E-state index contributed by atoms with van der Waals surface area (Å²) in [5, 5.41) is 4.22. The second-order valence-electron chi connectivity index (χ2n) is 4.65. The van der Waals surface area contributed by atoms with E-state index in [1.165, 1.54) is 6.42 Å². The van der Waals surface area contributed by atoms with Crippen molar-refractivity contribution in [2.75, 3.05) is 6.54 Å². The Bertz CT molecular complexity index is 397. The Morgan fingerprint density at radius 3 is 2.81 bits per heavy atom. The van der Waals surface area contributed by atoms with Crippen LogP contribution in [0, 0.1) is 6.92 Å². The van der Waals surface area contributed by atoms with Gasteiger partial charge < -0.3 is 4.90 Å². The minimum atomic E-state index is 0.137. The molecule has 0 spiro atoms. The van der Waals surface area contributed by atoms with Crippen molar-refractivity contribution in [2.45, 2.75) is 39.2 Å². The maximum atomic E-state index is 12.3. The molecule has 0 aromatic carbocycles. The zero-order chi connectivity index (χ0) is 11.7. The van der Waals surface area contributed by atoms with Crippen molar-refractivity contribution in [3.63, 3.8) is 0 Å². The van der Waals surface area contributed by atoms with Crippen molar-refractivity contribution in [1.82, 2.24) is 14.7 Å². The maximum Gasteiger partial charge on any atom is 0.257 e. The summed E-state index contributed by atoms with van der Waals surface area (Å²) in [6.07, 6.45) is 5.29. The zero-order valence-corrected chi connectivity index (χ0v) is 10.2. The first-order valence-electron chi connectivity index (χ1n) is 5.91. The average Bonchev–Trinajstić information content (AvgIpc) is 2.58. The van der Waals surface area contributed by atoms with Crippen LogP contribution in [-0.4, -0.2) is 33.2 Å². The zero-order valence-electron chi connectivity index (χ0n) is 10.2. The van der Waals surface area contributed by atoms with Crippen LogP contribution < -0.4 is 0 Å². The molecule has 1 aliphatic rings. The normalized spacial score (nSPS) is 21.2. The van der Waals surface area contributed by atoms with Crippen molar-refractivity contribution in [2.24, 2.45) is 7.05 Å². The molecule has 1 saturated heterocycles. The fraction of sp³-hybridized carbons (Fsp3) is 0.667. The third-order valence-corrected chi connectivity index (χ3v) is 3.31. The van der Waals surface area contributed by atoms with Gasteiger partial charge in [0, 0.05) is 25.8 Å². The summed E-state index contributed by atoms with van der Waals surface area (Å²) >= 11 is 0. The quantitative estimate of drug-likeness (QED) is 0.724. The van der Waals surface area contributed by atoms with Gasteiger partial charge in [-0.05, 0) is 33.1 Å². The molecule has 1 aliphatic heterocycles. The molecule has 1 atom stereocenters. The number of amides is 1. The van der Waals surface area contributed by atoms with Gasteiger partial charge in [-0.2, -0.15) is 5.10 Å². The van der Waals surface area contributed by atoms with Gasteiger partial charge in [-0.1, -0.05) is 0 Å². The number of hydrogen-bond acceptors (Lipinski definition) is 2. The number of likely N-dealkylation sites (tertiary alicyclic amines) is 1. The Kier molecular flexibility index (Phi) is 2.99. The SMILES string of the molecule is Cc1nn(C)cc1C(=O)N1CCCCC1C. The fourth-order valence-electron chi connectivity index (χ4n) is 2.36. The van der Waals surface area contributed by atoms with Crippen LogP contribution in [0.5, 0.6) is 0 Å². The molecular formula is C12H19N3O. The van der Waals surface area contributed by atoms with Crippen LogP contribution in [0.1, 0.15) is 42.2 Å². The lowest BCUT2D eigenvalue weighted by Crippen LogP contribution is -2.42. The second kappa shape index (κ2) is 4.28. The van der Waals surface area contributed by atoms with Gasteiger partial charge >= 0.3 is 0 Å². The first-order chi connectivity index (χ1) is 7.59. The summed E-state index contributed by atoms with van der Waals surface area (Å²) in [5.74, 6) is 0.137. The van der Waals surface area contributed by atoms with Crippen LogP contribution in [0.25, 0.3) is 0 Å². The molecule has 2 heterocycles. The monoisotopic (exact) mass is 221 g/mol. The molecule has 0 radical (unpaired) electrons. The van der Waals surface area contributed by atoms with E-state index in [-0.39, 0.29) is 5.91 Å². The topological polar surface area (TPSA) is 38.1 Å². The minimum absolute atomic E-state index is 0.137. The van der Waals surface area contributed by atoms with Gasteiger partial charge in [0.2, 0.25) is 0 Å². The molecule has 16 heavy (non-hydrogen) atoms. The number of rotatable bonds is 1. The van der Waals surface area contributed by atoms with E-state index in [9.17, 15) is 4.79 Å². The molecule has 4 heteroatoms. The van der Waals surface area contributed by atoms with Crippen molar-refractivity contribution in [1.29, 1.82) is 0 Å². The van der Waals surface area contributed by atoms with Crippen LogP contribution in [-0.2, 0) is 7.05 Å². The Morgan fingerprint density at radius 1 is 1.50 bits per heavy atom. The number of aryl methyl sites for hydroxylation is 2. The van der Waals surface area contributed by atoms with Gasteiger partial charge in [-0.25, -0.2) is 0 Å². The smallest absolute Gasteiger partial charge is 0.257 e. The lowest BCUT2D eigenvalue weighted by Gasteiger charge is -2.33. The summed E-state index contributed by atoms with van der Waals surface area (Å²) in [7, 11) is 1.85. The molecule has 0 saturated carbocycles. The van der Waals surface area contributed by atoms with Gasteiger partial charge in [-0.3, -0.25) is 9.48 Å². The van der Waals surface area contributed by atoms with Crippen molar-refractivity contribution in [3.05, 3.63) is 17.5 Å². The highest BCUT2D eigenvalue weighted by Gasteiger charge is 2.26. The summed E-state index contributed by atoms with van der Waals surface area (Å²) in [6, 6.07) is 0.362. The van der Waals surface area contributed by atoms with E-state index >= 15 is 0 Å². The fourth-order valence-corrected chi connectivity index (χ4v) is 2.36. The molecule has 2 rings (SSSR count). The Morgan fingerprint density at radius 2 is 2.25 bits per heavy atom. The Labute approximate surface area is 96.2 Å². The van der Waals surface area contributed by atoms with E-state index in [2.05, 4.69) is 12.0 Å². The summed E-state index contributed by atoms with van der Waals surface area (Å²) in [5.41, 5.74) is 1.57. The number of hydrogen-bond donors (Lipinski definition) is 0. The Balaban J connectivity index is 2.21. The molecule has 1 amide bonds. The van der Waals surface area contributed by atoms with E-state index in [0.717, 1.165) is 30.6 Å². The van der Waals surface area contributed by atoms with E-state index < -0.39 is 0 Å². The third-order valence-electron chi connectivity index (χ3n) is 3.31. The van der Waals surface area contributed by atoms with Gasteiger partial charge in [0.25, 0.3) is 5.91 Å². The molecule has 0 bridgehead atoms. The summed E-state index contributed by atoms with van der Waals surface area (Å²) in [6.45, 7) is 4.90. The number of aromatic nitrogens is 2. The average molecular weight is 221 g/mol. The summed E-state index contributed by atoms with van der Waals surface area (Å²) in [4.78, 5) is 14.3. The highest BCUT2D eigenvalue weighted by molar-refractivity contribution is 5.95. The third kappa shape index (κ3) is 1.96. The molecule has 4 nitrogen and oxygen atoms in total. The molecule has 0 N–H and O–H groups in total. The standard InChI is InChI=1S/C12H19N3O/c1-9-6-4-5-7-15(9)12(16)11-8-14(3)13-10(11)2/h8-9H,4-7H2,1-3H3. The minimum Gasteiger partial charge on any atom is -0.336 e. The molecule has 1 aromatic heterocycles. The van der Waals surface area contributed by atoms with Gasteiger partial charge in [0.15, 0.2) is 0 Å². The van der Waals surface area contributed by atoms with Crippen molar-refractivity contribution >= 4 is 5.91 Å². The van der Waals surface area contributed by atoms with E-state index in [0.29, 0.717) is 6.04 Å². The molecule has 1 aromatic rings. The maximum absolute atomic E-state index is 12.3. The van der Waals surface area contributed by atoms with Crippen molar-refractivity contribution in [3.8, 4) is 0 Å². The molecule has 88 valence electrons. The van der Waals surface area contributed by atoms with Crippen LogP contribution in [0.2, 0.25) is 0 Å². The Hall–Kier alpha value is -1.32. The van der Waals surface area contributed by atoms with E-state index in [1.54, 1.807) is 4.68 Å². The lowest BCUT2D eigenvalue weighted by atomic mass is 10.0. The largest absolute Gasteiger partial charge is 0.336 e. The predicted octanol–water partition coefficient (Wildman–Crippen LogP) is 1.74. The van der Waals surface area contributed by atoms with E-state index in [4.69, 9.17) is 0 Å². The molecule has 1 fully saturated rings. The molecular weight excluding hydrogens is 202 g/mol. The first kappa shape index (κ1) is 11.2. The molecule has 0 aliphatic carbocycles. The van der Waals surface area contributed by atoms with Crippen molar-refractivity contribution < 1.29 is 4.79 Å². The number of nitrogens with zero attached hydrogens (tertiary/aromatic N) is 3. The second-order valence-corrected chi connectivity index (χ2v) is 4.65. The van der Waals surface area contributed by atoms with Gasteiger partial charge in [-0.15, -0.1) is 0 Å². The predicted molar refractivity (Wildman–Crippen MR) is 62.3 cm³/mol. The molecule has 1 unspecified atom stereocenters. The van der Waals surface area contributed by atoms with Crippen LogP contribution in [0.4, 0.5) is 0 Å². The van der Waals surface area contributed by atoms with Crippen LogP contribution in [0.15, 0.2) is 6.20 Å². The lowest BCUT2D eigenvalue weighted by molar-refractivity contribution is 0.0635. The van der Waals surface area contributed by atoms with Crippen LogP contribution in [0.3, 0.4) is 0 Å². The summed E-state index contributed by atoms with van der Waals surface area (Å²) < 4.78 is 1.71. The number of piperidine rings is 1. The van der Waals surface area contributed by atoms with Crippen LogP contribution >= 0.6 is 0 Å². The number of carbonyl (C=O) groups is 1. The highest BCUT2D eigenvalue weighted by Crippen LogP contribution is 2.20. The van der Waals surface area contributed by atoms with E-state index in [1.807, 2.05) is 25.1 Å². The van der Waals surface area contributed by atoms with Gasteiger partial charge in [0.1, 0.15) is 0 Å².